The van der Waals surface area contributed by atoms with Crippen molar-refractivity contribution in [3.63, 3.8) is 0 Å². The molecule has 0 aromatic carbocycles. The Balaban J connectivity index is 4.08. The smallest absolute Gasteiger partial charge is 0.00966 e. The molecular formula is C16H36N2. The van der Waals surface area contributed by atoms with Crippen LogP contribution in [0.25, 0.3) is 0 Å². The molecule has 0 aromatic heterocycles. The molecule has 0 fully saturated rings. The summed E-state index contributed by atoms with van der Waals surface area (Å²) in [6, 6.07) is 0.722. The van der Waals surface area contributed by atoms with Gasteiger partial charge in [0.2, 0.25) is 0 Å². The minimum atomic E-state index is 0.429. The van der Waals surface area contributed by atoms with Crippen LogP contribution in [0.5, 0.6) is 0 Å². The quantitative estimate of drug-likeness (QED) is 0.653. The van der Waals surface area contributed by atoms with Gasteiger partial charge in [0.1, 0.15) is 0 Å². The van der Waals surface area contributed by atoms with Crippen molar-refractivity contribution in [3.05, 3.63) is 0 Å². The minimum absolute atomic E-state index is 0.429. The highest BCUT2D eigenvalue weighted by Gasteiger charge is 2.22. The summed E-state index contributed by atoms with van der Waals surface area (Å²) in [5, 5.41) is 0. The van der Waals surface area contributed by atoms with E-state index in [2.05, 4.69) is 65.7 Å². The third-order valence-electron chi connectivity index (χ3n) is 3.55. The van der Waals surface area contributed by atoms with E-state index >= 15 is 0 Å². The SMILES string of the molecule is CC(CCCN(C)C)CC(CC(C)(C)C)N(C)C. The van der Waals surface area contributed by atoms with Crippen molar-refractivity contribution in [2.75, 3.05) is 34.7 Å². The van der Waals surface area contributed by atoms with Crippen LogP contribution in [0.4, 0.5) is 0 Å². The molecule has 2 nitrogen and oxygen atoms in total. The van der Waals surface area contributed by atoms with Crippen LogP contribution in [0.2, 0.25) is 0 Å². The van der Waals surface area contributed by atoms with Gasteiger partial charge in [0, 0.05) is 6.04 Å². The Morgan fingerprint density at radius 1 is 1.00 bits per heavy atom. The van der Waals surface area contributed by atoms with E-state index < -0.39 is 0 Å². The van der Waals surface area contributed by atoms with Gasteiger partial charge in [-0.2, -0.15) is 0 Å². The molecule has 2 unspecified atom stereocenters. The van der Waals surface area contributed by atoms with Gasteiger partial charge in [0.05, 0.1) is 0 Å². The fraction of sp³-hybridized carbons (Fsp3) is 1.00. The monoisotopic (exact) mass is 256 g/mol. The number of rotatable bonds is 8. The second kappa shape index (κ2) is 8.16. The third-order valence-corrected chi connectivity index (χ3v) is 3.55. The van der Waals surface area contributed by atoms with E-state index in [0.717, 1.165) is 12.0 Å². The zero-order chi connectivity index (χ0) is 14.3. The van der Waals surface area contributed by atoms with Crippen LogP contribution in [-0.4, -0.2) is 50.6 Å². The van der Waals surface area contributed by atoms with E-state index in [0.29, 0.717) is 5.41 Å². The highest BCUT2D eigenvalue weighted by molar-refractivity contribution is 4.76. The van der Waals surface area contributed by atoms with Crippen molar-refractivity contribution >= 4 is 0 Å². The first kappa shape index (κ1) is 17.9. The molecule has 0 saturated carbocycles. The van der Waals surface area contributed by atoms with Gasteiger partial charge in [-0.15, -0.1) is 0 Å². The largest absolute Gasteiger partial charge is 0.309 e. The van der Waals surface area contributed by atoms with E-state index in [1.807, 2.05) is 0 Å². The average molecular weight is 256 g/mol. The Kier molecular flexibility index (Phi) is 8.13. The van der Waals surface area contributed by atoms with Crippen molar-refractivity contribution in [2.45, 2.75) is 59.4 Å². The van der Waals surface area contributed by atoms with Gasteiger partial charge < -0.3 is 9.80 Å². The average Bonchev–Trinajstić information content (AvgIpc) is 2.13. The van der Waals surface area contributed by atoms with E-state index in [-0.39, 0.29) is 0 Å². The highest BCUT2D eigenvalue weighted by Crippen LogP contribution is 2.27. The van der Waals surface area contributed by atoms with Gasteiger partial charge in [0.15, 0.2) is 0 Å². The molecule has 110 valence electrons. The Morgan fingerprint density at radius 3 is 1.94 bits per heavy atom. The van der Waals surface area contributed by atoms with E-state index in [1.165, 1.54) is 32.2 Å². The van der Waals surface area contributed by atoms with E-state index in [1.54, 1.807) is 0 Å². The van der Waals surface area contributed by atoms with Gasteiger partial charge in [0.25, 0.3) is 0 Å². The molecule has 0 rings (SSSR count). The summed E-state index contributed by atoms with van der Waals surface area (Å²) >= 11 is 0. The first-order valence-electron chi connectivity index (χ1n) is 7.43. The highest BCUT2D eigenvalue weighted by atomic mass is 15.1. The molecule has 0 aliphatic heterocycles. The first-order valence-corrected chi connectivity index (χ1v) is 7.43. The number of nitrogens with zero attached hydrogens (tertiary/aromatic N) is 2. The van der Waals surface area contributed by atoms with Gasteiger partial charge in [-0.05, 0) is 71.8 Å². The predicted octanol–water partition coefficient (Wildman–Crippen LogP) is 3.72. The molecule has 0 aromatic rings. The molecule has 2 heteroatoms. The van der Waals surface area contributed by atoms with Crippen LogP contribution in [0.3, 0.4) is 0 Å². The zero-order valence-corrected chi connectivity index (χ0v) is 14.1. The molecule has 0 saturated heterocycles. The maximum atomic E-state index is 2.41. The summed E-state index contributed by atoms with van der Waals surface area (Å²) < 4.78 is 0. The summed E-state index contributed by atoms with van der Waals surface area (Å²) in [6.07, 6.45) is 5.30. The molecule has 0 amide bonds. The van der Waals surface area contributed by atoms with Gasteiger partial charge in [-0.3, -0.25) is 0 Å². The van der Waals surface area contributed by atoms with E-state index in [9.17, 15) is 0 Å². The summed E-state index contributed by atoms with van der Waals surface area (Å²) in [7, 11) is 8.77. The number of hydrogen-bond donors (Lipinski definition) is 0. The topological polar surface area (TPSA) is 6.48 Å². The lowest BCUT2D eigenvalue weighted by atomic mass is 9.83. The van der Waals surface area contributed by atoms with Crippen LogP contribution >= 0.6 is 0 Å². The third kappa shape index (κ3) is 9.90. The minimum Gasteiger partial charge on any atom is -0.309 e. The lowest BCUT2D eigenvalue weighted by molar-refractivity contribution is 0.177. The van der Waals surface area contributed by atoms with Crippen LogP contribution < -0.4 is 0 Å². The van der Waals surface area contributed by atoms with Crippen molar-refractivity contribution < 1.29 is 0 Å². The molecule has 0 heterocycles. The Morgan fingerprint density at radius 2 is 1.56 bits per heavy atom. The standard InChI is InChI=1S/C16H36N2/c1-14(10-9-11-17(5)6)12-15(18(7)8)13-16(2,3)4/h14-15H,9-13H2,1-8H3. The van der Waals surface area contributed by atoms with Gasteiger partial charge in [-0.1, -0.05) is 27.7 Å². The first-order chi connectivity index (χ1) is 8.11. The van der Waals surface area contributed by atoms with E-state index in [4.69, 9.17) is 0 Å². The molecule has 0 radical (unpaired) electrons. The molecule has 18 heavy (non-hydrogen) atoms. The van der Waals surface area contributed by atoms with Crippen LogP contribution in [0.15, 0.2) is 0 Å². The molecule has 0 bridgehead atoms. The van der Waals surface area contributed by atoms with Crippen LogP contribution in [0.1, 0.15) is 53.4 Å². The lowest BCUT2D eigenvalue weighted by Crippen LogP contribution is -2.33. The summed E-state index contributed by atoms with van der Waals surface area (Å²) in [5.74, 6) is 0.833. The molecule has 0 spiro atoms. The molecule has 0 aliphatic rings. The second-order valence-corrected chi connectivity index (χ2v) is 7.67. The van der Waals surface area contributed by atoms with Crippen LogP contribution in [0, 0.1) is 11.3 Å². The fourth-order valence-corrected chi connectivity index (χ4v) is 2.52. The molecular weight excluding hydrogens is 220 g/mol. The van der Waals surface area contributed by atoms with Crippen molar-refractivity contribution in [1.82, 2.24) is 9.80 Å². The second-order valence-electron chi connectivity index (χ2n) is 7.67. The Hall–Kier alpha value is -0.0800. The van der Waals surface area contributed by atoms with Gasteiger partial charge in [-0.25, -0.2) is 0 Å². The van der Waals surface area contributed by atoms with Crippen molar-refractivity contribution in [1.29, 1.82) is 0 Å². The number of hydrogen-bond acceptors (Lipinski definition) is 2. The molecule has 0 N–H and O–H groups in total. The lowest BCUT2D eigenvalue weighted by Gasteiger charge is -2.32. The summed E-state index contributed by atoms with van der Waals surface area (Å²) in [5.41, 5.74) is 0.429. The van der Waals surface area contributed by atoms with Crippen LogP contribution in [-0.2, 0) is 0 Å². The maximum Gasteiger partial charge on any atom is 0.00966 e. The molecule has 2 atom stereocenters. The maximum absolute atomic E-state index is 2.41. The fourth-order valence-electron chi connectivity index (χ4n) is 2.52. The summed E-state index contributed by atoms with van der Waals surface area (Å²) in [6.45, 7) is 10.7. The summed E-state index contributed by atoms with van der Waals surface area (Å²) in [4.78, 5) is 4.69. The Labute approximate surface area is 116 Å². The predicted molar refractivity (Wildman–Crippen MR) is 83.1 cm³/mol. The Bertz CT molecular complexity index is 204. The van der Waals surface area contributed by atoms with Gasteiger partial charge >= 0.3 is 0 Å². The molecule has 0 aliphatic carbocycles. The normalized spacial score (nSPS) is 16.3. The van der Waals surface area contributed by atoms with Crippen molar-refractivity contribution in [3.8, 4) is 0 Å². The van der Waals surface area contributed by atoms with Crippen molar-refractivity contribution in [2.24, 2.45) is 11.3 Å². The zero-order valence-electron chi connectivity index (χ0n) is 14.1.